The highest BCUT2D eigenvalue weighted by Gasteiger charge is 2.32. The number of rotatable bonds is 1. The van der Waals surface area contributed by atoms with Crippen LogP contribution in [0.5, 0.6) is 0 Å². The Morgan fingerprint density at radius 3 is 2.75 bits per heavy atom. The smallest absolute Gasteiger partial charge is 0.181 e. The summed E-state index contributed by atoms with van der Waals surface area (Å²) >= 11 is 0. The first-order valence-electron chi connectivity index (χ1n) is 5.36. The molecule has 2 heteroatoms. The summed E-state index contributed by atoms with van der Waals surface area (Å²) in [7, 11) is 0. The van der Waals surface area contributed by atoms with Crippen molar-refractivity contribution in [2.24, 2.45) is 5.41 Å². The molecule has 2 nitrogen and oxygen atoms in total. The van der Waals surface area contributed by atoms with Crippen LogP contribution in [0.15, 0.2) is 42.6 Å². The molecule has 0 saturated carbocycles. The summed E-state index contributed by atoms with van der Waals surface area (Å²) in [5.41, 5.74) is 2.50. The van der Waals surface area contributed by atoms with Gasteiger partial charge in [0, 0.05) is 6.20 Å². The van der Waals surface area contributed by atoms with Crippen LogP contribution in [-0.4, -0.2) is 10.8 Å². The third-order valence-electron chi connectivity index (χ3n) is 2.95. The first kappa shape index (κ1) is 10.8. The highest BCUT2D eigenvalue weighted by Crippen LogP contribution is 2.42. The number of hydrogen-bond donors (Lipinski definition) is 0. The third-order valence-corrected chi connectivity index (χ3v) is 2.95. The van der Waals surface area contributed by atoms with Gasteiger partial charge in [0.25, 0.3) is 0 Å². The number of hydrogen-bond acceptors (Lipinski definition) is 2. The largest absolute Gasteiger partial charge is 0.290 e. The fraction of sp³-hybridized carbons (Fsp3) is 0.286. The Kier molecular flexibility index (Phi) is 2.50. The zero-order valence-electron chi connectivity index (χ0n) is 9.66. The monoisotopic (exact) mass is 213 g/mol. The maximum absolute atomic E-state index is 11.7. The Balaban J connectivity index is 2.51. The van der Waals surface area contributed by atoms with E-state index in [2.05, 4.69) is 25.4 Å². The van der Waals surface area contributed by atoms with Crippen molar-refractivity contribution in [1.82, 2.24) is 4.98 Å². The van der Waals surface area contributed by atoms with Crippen LogP contribution in [0.3, 0.4) is 0 Å². The Hall–Kier alpha value is -1.70. The van der Waals surface area contributed by atoms with Crippen LogP contribution in [0.1, 0.15) is 26.0 Å². The number of pyridine rings is 1. The molecule has 82 valence electrons. The summed E-state index contributed by atoms with van der Waals surface area (Å²) in [6.45, 7) is 8.04. The average molecular weight is 213 g/mol. The standard InChI is InChI=1S/C14H15NO/c1-10-9-14(2,3)11(8-13(10)16)12-6-4-5-7-15-12/h4-8H,1,9H2,2-3H3. The predicted molar refractivity (Wildman–Crippen MR) is 64.8 cm³/mol. The number of nitrogens with zero attached hydrogens (tertiary/aromatic N) is 1. The van der Waals surface area contributed by atoms with Crippen LogP contribution >= 0.6 is 0 Å². The number of aromatic nitrogens is 1. The minimum absolute atomic E-state index is 0.0278. The molecule has 2 rings (SSSR count). The summed E-state index contributed by atoms with van der Waals surface area (Å²) in [5.74, 6) is 0.0278. The molecule has 0 spiro atoms. The third kappa shape index (κ3) is 1.83. The fourth-order valence-electron chi connectivity index (χ4n) is 2.09. The molecule has 0 N–H and O–H groups in total. The van der Waals surface area contributed by atoms with Crippen LogP contribution < -0.4 is 0 Å². The molecule has 0 radical (unpaired) electrons. The fourth-order valence-corrected chi connectivity index (χ4v) is 2.09. The SMILES string of the molecule is C=C1CC(C)(C)C(c2ccccn2)=CC1=O. The molecular weight excluding hydrogens is 198 g/mol. The van der Waals surface area contributed by atoms with Crippen molar-refractivity contribution in [3.05, 3.63) is 48.3 Å². The van der Waals surface area contributed by atoms with Gasteiger partial charge in [-0.1, -0.05) is 26.5 Å². The highest BCUT2D eigenvalue weighted by atomic mass is 16.1. The average Bonchev–Trinajstić information content (AvgIpc) is 2.24. The minimum atomic E-state index is -0.0701. The minimum Gasteiger partial charge on any atom is -0.290 e. The van der Waals surface area contributed by atoms with E-state index < -0.39 is 0 Å². The van der Waals surface area contributed by atoms with E-state index in [1.165, 1.54) is 0 Å². The highest BCUT2D eigenvalue weighted by molar-refractivity contribution is 6.10. The lowest BCUT2D eigenvalue weighted by atomic mass is 9.72. The van der Waals surface area contributed by atoms with Crippen LogP contribution in [-0.2, 0) is 4.79 Å². The van der Waals surface area contributed by atoms with Gasteiger partial charge in [0.05, 0.1) is 5.69 Å². The summed E-state index contributed by atoms with van der Waals surface area (Å²) in [5, 5.41) is 0. The second-order valence-electron chi connectivity index (χ2n) is 4.80. The quantitative estimate of drug-likeness (QED) is 0.671. The van der Waals surface area contributed by atoms with E-state index in [1.54, 1.807) is 12.3 Å². The van der Waals surface area contributed by atoms with Crippen LogP contribution in [0.2, 0.25) is 0 Å². The van der Waals surface area contributed by atoms with Crippen LogP contribution in [0.25, 0.3) is 5.57 Å². The zero-order valence-corrected chi connectivity index (χ0v) is 9.66. The van der Waals surface area contributed by atoms with E-state index in [1.807, 2.05) is 18.2 Å². The Morgan fingerprint density at radius 1 is 1.38 bits per heavy atom. The van der Waals surface area contributed by atoms with Gasteiger partial charge in [0.15, 0.2) is 5.78 Å². The molecule has 0 aromatic carbocycles. The lowest BCUT2D eigenvalue weighted by Gasteiger charge is -2.31. The lowest BCUT2D eigenvalue weighted by molar-refractivity contribution is -0.111. The van der Waals surface area contributed by atoms with Crippen LogP contribution in [0, 0.1) is 5.41 Å². The molecular formula is C14H15NO. The lowest BCUT2D eigenvalue weighted by Crippen LogP contribution is -2.23. The van der Waals surface area contributed by atoms with Gasteiger partial charge in [-0.05, 0) is 41.2 Å². The maximum Gasteiger partial charge on any atom is 0.181 e. The van der Waals surface area contributed by atoms with Crippen molar-refractivity contribution in [2.45, 2.75) is 20.3 Å². The Morgan fingerprint density at radius 2 is 2.12 bits per heavy atom. The Bertz CT molecular complexity index is 469. The first-order chi connectivity index (χ1) is 7.50. The van der Waals surface area contributed by atoms with Crippen molar-refractivity contribution in [3.63, 3.8) is 0 Å². The molecule has 1 aromatic heterocycles. The van der Waals surface area contributed by atoms with E-state index in [0.717, 1.165) is 11.3 Å². The van der Waals surface area contributed by atoms with Gasteiger partial charge in [-0.15, -0.1) is 0 Å². The van der Waals surface area contributed by atoms with E-state index in [-0.39, 0.29) is 11.2 Å². The second kappa shape index (κ2) is 3.71. The zero-order chi connectivity index (χ0) is 11.8. The summed E-state index contributed by atoms with van der Waals surface area (Å²) in [6.07, 6.45) is 4.13. The summed E-state index contributed by atoms with van der Waals surface area (Å²) in [6, 6.07) is 5.75. The van der Waals surface area contributed by atoms with Gasteiger partial charge in [-0.3, -0.25) is 9.78 Å². The van der Waals surface area contributed by atoms with Crippen molar-refractivity contribution in [3.8, 4) is 0 Å². The van der Waals surface area contributed by atoms with Crippen molar-refractivity contribution >= 4 is 11.4 Å². The molecule has 0 unspecified atom stereocenters. The van der Waals surface area contributed by atoms with Gasteiger partial charge in [0.1, 0.15) is 0 Å². The molecule has 0 bridgehead atoms. The summed E-state index contributed by atoms with van der Waals surface area (Å²) < 4.78 is 0. The number of carbonyl (C=O) groups excluding carboxylic acids is 1. The van der Waals surface area contributed by atoms with E-state index in [0.29, 0.717) is 12.0 Å². The number of ketones is 1. The van der Waals surface area contributed by atoms with Gasteiger partial charge >= 0.3 is 0 Å². The molecule has 0 fully saturated rings. The second-order valence-corrected chi connectivity index (χ2v) is 4.80. The van der Waals surface area contributed by atoms with Crippen molar-refractivity contribution < 1.29 is 4.79 Å². The number of carbonyl (C=O) groups is 1. The predicted octanol–water partition coefficient (Wildman–Crippen LogP) is 3.02. The van der Waals surface area contributed by atoms with E-state index in [9.17, 15) is 4.79 Å². The van der Waals surface area contributed by atoms with Gasteiger partial charge in [-0.25, -0.2) is 0 Å². The van der Waals surface area contributed by atoms with Crippen molar-refractivity contribution in [1.29, 1.82) is 0 Å². The Labute approximate surface area is 95.7 Å². The van der Waals surface area contributed by atoms with Gasteiger partial charge in [-0.2, -0.15) is 0 Å². The topological polar surface area (TPSA) is 30.0 Å². The molecule has 1 aromatic rings. The molecule has 1 heterocycles. The maximum atomic E-state index is 11.7. The molecule has 1 aliphatic carbocycles. The van der Waals surface area contributed by atoms with Gasteiger partial charge < -0.3 is 0 Å². The number of allylic oxidation sites excluding steroid dienone is 3. The van der Waals surface area contributed by atoms with E-state index >= 15 is 0 Å². The molecule has 16 heavy (non-hydrogen) atoms. The molecule has 1 aliphatic rings. The van der Waals surface area contributed by atoms with Crippen LogP contribution in [0.4, 0.5) is 0 Å². The van der Waals surface area contributed by atoms with Crippen molar-refractivity contribution in [2.75, 3.05) is 0 Å². The molecule has 0 amide bonds. The first-order valence-corrected chi connectivity index (χ1v) is 5.36. The molecule has 0 aliphatic heterocycles. The molecule has 0 atom stereocenters. The van der Waals surface area contributed by atoms with Gasteiger partial charge in [0.2, 0.25) is 0 Å². The normalized spacial score (nSPS) is 19.5. The molecule has 0 saturated heterocycles. The van der Waals surface area contributed by atoms with E-state index in [4.69, 9.17) is 0 Å². The summed E-state index contributed by atoms with van der Waals surface area (Å²) in [4.78, 5) is 16.0.